The second-order valence-electron chi connectivity index (χ2n) is 2.57. The zero-order chi connectivity index (χ0) is 9.52. The average Bonchev–Trinajstić information content (AvgIpc) is 2.21. The predicted octanol–water partition coefficient (Wildman–Crippen LogP) is 2.85. The standard InChI is InChI=1S/C12H13N/c1-3-4-10-12(13-2)11-8-6-5-7-9-11/h3-10H,1H2,2H3/b10-4-,13-12?. The van der Waals surface area contributed by atoms with Crippen molar-refractivity contribution in [3.05, 3.63) is 60.7 Å². The molecule has 1 aromatic rings. The molecule has 0 fully saturated rings. The molecule has 0 spiro atoms. The second kappa shape index (κ2) is 5.09. The molecule has 0 bridgehead atoms. The Kier molecular flexibility index (Phi) is 3.71. The van der Waals surface area contributed by atoms with Crippen LogP contribution in [0.15, 0.2) is 60.1 Å². The van der Waals surface area contributed by atoms with Crippen molar-refractivity contribution >= 4 is 5.71 Å². The molecular weight excluding hydrogens is 158 g/mol. The molecule has 1 heteroatoms. The van der Waals surface area contributed by atoms with Gasteiger partial charge in [-0.3, -0.25) is 4.99 Å². The van der Waals surface area contributed by atoms with E-state index in [4.69, 9.17) is 0 Å². The molecule has 1 nitrogen and oxygen atoms in total. The predicted molar refractivity (Wildman–Crippen MR) is 58.2 cm³/mol. The van der Waals surface area contributed by atoms with Crippen LogP contribution >= 0.6 is 0 Å². The molecule has 1 rings (SSSR count). The van der Waals surface area contributed by atoms with Crippen LogP contribution in [0, 0.1) is 0 Å². The number of hydrogen-bond donors (Lipinski definition) is 0. The van der Waals surface area contributed by atoms with Gasteiger partial charge in [0.1, 0.15) is 0 Å². The summed E-state index contributed by atoms with van der Waals surface area (Å²) in [4.78, 5) is 4.18. The lowest BCUT2D eigenvalue weighted by Gasteiger charge is -1.98. The average molecular weight is 171 g/mol. The minimum absolute atomic E-state index is 0.973. The Morgan fingerprint density at radius 2 is 2.00 bits per heavy atom. The summed E-state index contributed by atoms with van der Waals surface area (Å²) in [6, 6.07) is 10.1. The third-order valence-electron chi connectivity index (χ3n) is 1.70. The van der Waals surface area contributed by atoms with Crippen LogP contribution in [0.1, 0.15) is 5.56 Å². The van der Waals surface area contributed by atoms with E-state index in [1.807, 2.05) is 42.5 Å². The summed E-state index contributed by atoms with van der Waals surface area (Å²) in [7, 11) is 1.79. The van der Waals surface area contributed by atoms with Gasteiger partial charge in [-0.05, 0) is 11.6 Å². The zero-order valence-electron chi connectivity index (χ0n) is 7.77. The SMILES string of the molecule is C=C/C=C\C(=NC)c1ccccc1. The van der Waals surface area contributed by atoms with Crippen molar-refractivity contribution in [2.24, 2.45) is 4.99 Å². The fraction of sp³-hybridized carbons (Fsp3) is 0.0833. The fourth-order valence-corrected chi connectivity index (χ4v) is 1.07. The summed E-state index contributed by atoms with van der Waals surface area (Å²) in [5.74, 6) is 0. The van der Waals surface area contributed by atoms with Crippen LogP contribution in [0.25, 0.3) is 0 Å². The van der Waals surface area contributed by atoms with Crippen LogP contribution in [-0.4, -0.2) is 12.8 Å². The van der Waals surface area contributed by atoms with E-state index in [0.29, 0.717) is 0 Å². The van der Waals surface area contributed by atoms with Gasteiger partial charge in [-0.1, -0.05) is 49.1 Å². The molecule has 0 heterocycles. The van der Waals surface area contributed by atoms with E-state index >= 15 is 0 Å². The molecule has 0 aromatic heterocycles. The number of nitrogens with zero attached hydrogens (tertiary/aromatic N) is 1. The van der Waals surface area contributed by atoms with Crippen molar-refractivity contribution in [1.29, 1.82) is 0 Å². The van der Waals surface area contributed by atoms with Gasteiger partial charge in [-0.25, -0.2) is 0 Å². The van der Waals surface area contributed by atoms with E-state index in [2.05, 4.69) is 11.6 Å². The molecule has 0 saturated heterocycles. The summed E-state index contributed by atoms with van der Waals surface area (Å²) in [6.07, 6.45) is 5.58. The van der Waals surface area contributed by atoms with E-state index in [1.54, 1.807) is 13.1 Å². The number of rotatable bonds is 3. The molecular formula is C12H13N. The highest BCUT2D eigenvalue weighted by Crippen LogP contribution is 2.02. The van der Waals surface area contributed by atoms with Gasteiger partial charge in [-0.2, -0.15) is 0 Å². The van der Waals surface area contributed by atoms with E-state index in [0.717, 1.165) is 11.3 Å². The molecule has 0 radical (unpaired) electrons. The maximum Gasteiger partial charge on any atom is 0.0643 e. The van der Waals surface area contributed by atoms with Crippen LogP contribution in [0.2, 0.25) is 0 Å². The quantitative estimate of drug-likeness (QED) is 0.490. The van der Waals surface area contributed by atoms with Gasteiger partial charge in [0.15, 0.2) is 0 Å². The topological polar surface area (TPSA) is 12.4 Å². The Morgan fingerprint density at radius 1 is 1.31 bits per heavy atom. The Hall–Kier alpha value is -1.63. The largest absolute Gasteiger partial charge is 0.288 e. The molecule has 0 amide bonds. The Bertz CT molecular complexity index is 320. The lowest BCUT2D eigenvalue weighted by molar-refractivity contribution is 1.43. The van der Waals surface area contributed by atoms with Crippen molar-refractivity contribution in [2.45, 2.75) is 0 Å². The Morgan fingerprint density at radius 3 is 2.54 bits per heavy atom. The van der Waals surface area contributed by atoms with Crippen LogP contribution in [0.5, 0.6) is 0 Å². The fourth-order valence-electron chi connectivity index (χ4n) is 1.07. The van der Waals surface area contributed by atoms with Gasteiger partial charge in [0, 0.05) is 7.05 Å². The van der Waals surface area contributed by atoms with Gasteiger partial charge in [0.2, 0.25) is 0 Å². The highest BCUT2D eigenvalue weighted by Gasteiger charge is 1.94. The van der Waals surface area contributed by atoms with E-state index in [9.17, 15) is 0 Å². The maximum absolute atomic E-state index is 4.18. The van der Waals surface area contributed by atoms with Gasteiger partial charge in [0.25, 0.3) is 0 Å². The molecule has 0 aliphatic rings. The molecule has 66 valence electrons. The third kappa shape index (κ3) is 2.71. The van der Waals surface area contributed by atoms with Crippen LogP contribution in [0.3, 0.4) is 0 Å². The molecule has 13 heavy (non-hydrogen) atoms. The number of hydrogen-bond acceptors (Lipinski definition) is 1. The Balaban J connectivity index is 2.92. The molecule has 1 aromatic carbocycles. The smallest absolute Gasteiger partial charge is 0.0643 e. The molecule has 0 unspecified atom stereocenters. The molecule has 0 aliphatic heterocycles. The van der Waals surface area contributed by atoms with Crippen molar-refractivity contribution in [2.75, 3.05) is 7.05 Å². The molecule has 0 saturated carbocycles. The minimum Gasteiger partial charge on any atom is -0.288 e. The molecule has 0 aliphatic carbocycles. The zero-order valence-corrected chi connectivity index (χ0v) is 7.77. The van der Waals surface area contributed by atoms with Crippen molar-refractivity contribution in [3.63, 3.8) is 0 Å². The maximum atomic E-state index is 4.18. The van der Waals surface area contributed by atoms with Gasteiger partial charge in [-0.15, -0.1) is 0 Å². The summed E-state index contributed by atoms with van der Waals surface area (Å²) >= 11 is 0. The van der Waals surface area contributed by atoms with Crippen LogP contribution in [0.4, 0.5) is 0 Å². The first-order valence-electron chi connectivity index (χ1n) is 4.20. The monoisotopic (exact) mass is 171 g/mol. The first kappa shape index (κ1) is 9.46. The van der Waals surface area contributed by atoms with Crippen molar-refractivity contribution in [1.82, 2.24) is 0 Å². The normalized spacial score (nSPS) is 11.9. The highest BCUT2D eigenvalue weighted by atomic mass is 14.7. The Labute approximate surface area is 79.1 Å². The summed E-state index contributed by atoms with van der Waals surface area (Å²) < 4.78 is 0. The molecule has 0 atom stereocenters. The summed E-state index contributed by atoms with van der Waals surface area (Å²) in [5, 5.41) is 0. The summed E-state index contributed by atoms with van der Waals surface area (Å²) in [6.45, 7) is 3.62. The van der Waals surface area contributed by atoms with Gasteiger partial charge in [0.05, 0.1) is 5.71 Å². The summed E-state index contributed by atoms with van der Waals surface area (Å²) in [5.41, 5.74) is 2.10. The van der Waals surface area contributed by atoms with E-state index < -0.39 is 0 Å². The van der Waals surface area contributed by atoms with E-state index in [1.165, 1.54) is 0 Å². The highest BCUT2D eigenvalue weighted by molar-refractivity contribution is 6.08. The third-order valence-corrected chi connectivity index (χ3v) is 1.70. The van der Waals surface area contributed by atoms with E-state index in [-0.39, 0.29) is 0 Å². The number of benzene rings is 1. The lowest BCUT2D eigenvalue weighted by atomic mass is 10.1. The first-order chi connectivity index (χ1) is 6.38. The number of aliphatic imine (C=N–C) groups is 1. The molecule has 0 N–H and O–H groups in total. The van der Waals surface area contributed by atoms with Crippen LogP contribution in [-0.2, 0) is 0 Å². The van der Waals surface area contributed by atoms with Crippen molar-refractivity contribution in [3.8, 4) is 0 Å². The van der Waals surface area contributed by atoms with Crippen LogP contribution < -0.4 is 0 Å². The second-order valence-corrected chi connectivity index (χ2v) is 2.57. The minimum atomic E-state index is 0.973. The number of allylic oxidation sites excluding steroid dienone is 3. The van der Waals surface area contributed by atoms with Crippen molar-refractivity contribution < 1.29 is 0 Å². The lowest BCUT2D eigenvalue weighted by Crippen LogP contribution is -1.94. The first-order valence-corrected chi connectivity index (χ1v) is 4.20. The van der Waals surface area contributed by atoms with Gasteiger partial charge >= 0.3 is 0 Å². The van der Waals surface area contributed by atoms with Gasteiger partial charge < -0.3 is 0 Å².